The van der Waals surface area contributed by atoms with E-state index in [1.54, 1.807) is 0 Å². The van der Waals surface area contributed by atoms with Crippen LogP contribution in [-0.4, -0.2) is 25.9 Å². The van der Waals surface area contributed by atoms with E-state index in [2.05, 4.69) is 4.18 Å². The zero-order chi connectivity index (χ0) is 9.33. The Morgan fingerprint density at radius 1 is 1.45 bits per heavy atom. The van der Waals surface area contributed by atoms with Crippen LogP contribution in [0.1, 0.15) is 20.3 Å². The molecule has 0 aromatic carbocycles. The summed E-state index contributed by atoms with van der Waals surface area (Å²) < 4.78 is 30.7. The van der Waals surface area contributed by atoms with Crippen LogP contribution in [0.25, 0.3) is 0 Å². The molecule has 0 spiro atoms. The van der Waals surface area contributed by atoms with Crippen molar-refractivity contribution in [2.75, 3.05) is 6.61 Å². The van der Waals surface area contributed by atoms with E-state index in [0.29, 0.717) is 6.42 Å². The van der Waals surface area contributed by atoms with Crippen molar-refractivity contribution in [3.8, 4) is 0 Å². The molecular weight excluding hydrogens is 172 g/mol. The second-order valence-electron chi connectivity index (χ2n) is 1.41. The number of rotatable bonds is 3. The van der Waals surface area contributed by atoms with Crippen LogP contribution in [0, 0.1) is 0 Å². The lowest BCUT2D eigenvalue weighted by Crippen LogP contribution is -2.01. The minimum absolute atomic E-state index is 0.0289. The average molecular weight is 184 g/mol. The van der Waals surface area contributed by atoms with Crippen molar-refractivity contribution in [1.29, 1.82) is 0 Å². The molecule has 0 heterocycles. The topological polar surface area (TPSA) is 80.7 Å². The van der Waals surface area contributed by atoms with Gasteiger partial charge in [0.05, 0.1) is 6.61 Å². The first-order valence-corrected chi connectivity index (χ1v) is 4.39. The van der Waals surface area contributed by atoms with Crippen molar-refractivity contribution in [3.63, 3.8) is 0 Å². The molecule has 0 amide bonds. The number of carbonyl (C=O) groups excluding carboxylic acids is 1. The summed E-state index contributed by atoms with van der Waals surface area (Å²) in [6.07, 6.45) is 1.51. The molecule has 0 radical (unpaired) electrons. The Hall–Kier alpha value is -0.460. The number of hydrogen-bond donors (Lipinski definition) is 1. The second kappa shape index (κ2) is 7.64. The van der Waals surface area contributed by atoms with Gasteiger partial charge in [-0.2, -0.15) is 8.42 Å². The molecule has 0 unspecified atom stereocenters. The lowest BCUT2D eigenvalue weighted by atomic mass is 10.6. The molecule has 68 valence electrons. The third-order valence-electron chi connectivity index (χ3n) is 0.433. The van der Waals surface area contributed by atoms with Crippen LogP contribution in [0.15, 0.2) is 0 Å². The molecule has 0 saturated carbocycles. The maximum atomic E-state index is 9.56. The van der Waals surface area contributed by atoms with E-state index in [0.717, 1.165) is 6.29 Å². The summed E-state index contributed by atoms with van der Waals surface area (Å²) in [4.78, 5) is 9.17. The largest absolute Gasteiger partial charge is 0.397 e. The van der Waals surface area contributed by atoms with Gasteiger partial charge < -0.3 is 4.79 Å². The van der Waals surface area contributed by atoms with Gasteiger partial charge in [-0.15, -0.1) is 0 Å². The Bertz CT molecular complexity index is 171. The predicted octanol–water partition coefficient (Wildman–Crippen LogP) is 0.421. The Morgan fingerprint density at radius 2 is 1.82 bits per heavy atom. The van der Waals surface area contributed by atoms with Crippen molar-refractivity contribution in [2.45, 2.75) is 20.3 Å². The van der Waals surface area contributed by atoms with Gasteiger partial charge in [-0.25, -0.2) is 4.18 Å². The fourth-order valence-corrected chi connectivity index (χ4v) is 0.447. The minimum atomic E-state index is -4.17. The average Bonchev–Trinajstić information content (AvgIpc) is 1.86. The van der Waals surface area contributed by atoms with Crippen molar-refractivity contribution >= 4 is 16.7 Å². The molecule has 1 N–H and O–H groups in total. The summed E-state index contributed by atoms with van der Waals surface area (Å²) in [5, 5.41) is 0. The van der Waals surface area contributed by atoms with Crippen LogP contribution in [0.5, 0.6) is 0 Å². The molecule has 0 atom stereocenters. The lowest BCUT2D eigenvalue weighted by molar-refractivity contribution is -0.107. The molecule has 5 nitrogen and oxygen atoms in total. The first kappa shape index (κ1) is 13.2. The Balaban J connectivity index is 0. The maximum Gasteiger partial charge on any atom is 0.397 e. The summed E-state index contributed by atoms with van der Waals surface area (Å²) in [5.41, 5.74) is 0. The highest BCUT2D eigenvalue weighted by atomic mass is 32.3. The Labute approximate surface area is 66.3 Å². The van der Waals surface area contributed by atoms with Gasteiger partial charge >= 0.3 is 10.4 Å². The first-order valence-electron chi connectivity index (χ1n) is 3.03. The maximum absolute atomic E-state index is 9.56. The highest BCUT2D eigenvalue weighted by Crippen LogP contribution is 1.81. The van der Waals surface area contributed by atoms with Gasteiger partial charge in [-0.1, -0.05) is 6.92 Å². The third-order valence-corrected chi connectivity index (χ3v) is 0.967. The minimum Gasteiger partial charge on any atom is -0.303 e. The highest BCUT2D eigenvalue weighted by Gasteiger charge is 1.98. The van der Waals surface area contributed by atoms with Crippen LogP contribution in [0.2, 0.25) is 0 Å². The third kappa shape index (κ3) is 26.3. The van der Waals surface area contributed by atoms with Crippen LogP contribution in [0.4, 0.5) is 0 Å². The SMILES string of the molecule is CCC=O.CCOS(=O)(=O)O. The summed E-state index contributed by atoms with van der Waals surface area (Å²) in [6, 6.07) is 0. The number of aldehydes is 1. The van der Waals surface area contributed by atoms with Gasteiger partial charge in [0.15, 0.2) is 0 Å². The molecule has 0 saturated heterocycles. The van der Waals surface area contributed by atoms with Crippen molar-refractivity contribution in [2.24, 2.45) is 0 Å². The quantitative estimate of drug-likeness (QED) is 0.508. The zero-order valence-electron chi connectivity index (χ0n) is 6.48. The van der Waals surface area contributed by atoms with Gasteiger partial charge in [0.1, 0.15) is 6.29 Å². The van der Waals surface area contributed by atoms with E-state index < -0.39 is 10.4 Å². The zero-order valence-corrected chi connectivity index (χ0v) is 7.30. The summed E-state index contributed by atoms with van der Waals surface area (Å²) >= 11 is 0. The molecule has 0 aliphatic heterocycles. The van der Waals surface area contributed by atoms with E-state index in [4.69, 9.17) is 4.55 Å². The molecular formula is C5H12O5S. The van der Waals surface area contributed by atoms with Crippen molar-refractivity contribution < 1.29 is 21.9 Å². The second-order valence-corrected chi connectivity index (χ2v) is 2.50. The molecule has 6 heteroatoms. The van der Waals surface area contributed by atoms with Gasteiger partial charge in [-0.05, 0) is 6.92 Å². The van der Waals surface area contributed by atoms with E-state index in [1.807, 2.05) is 6.92 Å². The normalized spacial score (nSPS) is 9.73. The van der Waals surface area contributed by atoms with Crippen LogP contribution >= 0.6 is 0 Å². The molecule has 0 aromatic heterocycles. The van der Waals surface area contributed by atoms with Crippen molar-refractivity contribution in [3.05, 3.63) is 0 Å². The summed E-state index contributed by atoms with van der Waals surface area (Å²) in [7, 11) is -4.17. The van der Waals surface area contributed by atoms with Gasteiger partial charge in [0.25, 0.3) is 0 Å². The van der Waals surface area contributed by atoms with Gasteiger partial charge in [-0.3, -0.25) is 4.55 Å². The Kier molecular flexibility index (Phi) is 9.14. The van der Waals surface area contributed by atoms with Crippen LogP contribution in [-0.2, 0) is 19.4 Å². The van der Waals surface area contributed by atoms with E-state index >= 15 is 0 Å². The molecule has 0 fully saturated rings. The lowest BCUT2D eigenvalue weighted by Gasteiger charge is -1.88. The van der Waals surface area contributed by atoms with E-state index in [1.165, 1.54) is 6.92 Å². The van der Waals surface area contributed by atoms with E-state index in [-0.39, 0.29) is 6.61 Å². The van der Waals surface area contributed by atoms with Gasteiger partial charge in [0, 0.05) is 6.42 Å². The fraction of sp³-hybridized carbons (Fsp3) is 0.800. The standard InChI is InChI=1S/C3H6O.C2H6O4S/c1-2-3-4;1-2-6-7(3,4)5/h3H,2H2,1H3;2H2,1H3,(H,3,4,5). The summed E-state index contributed by atoms with van der Waals surface area (Å²) in [6.45, 7) is 3.25. The highest BCUT2D eigenvalue weighted by molar-refractivity contribution is 7.80. The molecule has 11 heavy (non-hydrogen) atoms. The monoisotopic (exact) mass is 184 g/mol. The molecule has 0 aliphatic carbocycles. The summed E-state index contributed by atoms with van der Waals surface area (Å²) in [5.74, 6) is 0. The molecule has 0 aromatic rings. The van der Waals surface area contributed by atoms with Crippen LogP contribution < -0.4 is 0 Å². The molecule has 0 rings (SSSR count). The molecule has 0 bridgehead atoms. The number of hydrogen-bond acceptors (Lipinski definition) is 4. The van der Waals surface area contributed by atoms with Gasteiger partial charge in [0.2, 0.25) is 0 Å². The Morgan fingerprint density at radius 3 is 1.82 bits per heavy atom. The smallest absolute Gasteiger partial charge is 0.303 e. The first-order chi connectivity index (χ1) is 4.97. The number of carbonyl (C=O) groups is 1. The van der Waals surface area contributed by atoms with Crippen LogP contribution in [0.3, 0.4) is 0 Å². The molecule has 0 aliphatic rings. The fourth-order valence-electron chi connectivity index (χ4n) is 0.149. The van der Waals surface area contributed by atoms with Crippen molar-refractivity contribution in [1.82, 2.24) is 0 Å². The van der Waals surface area contributed by atoms with E-state index in [9.17, 15) is 13.2 Å². The predicted molar refractivity (Wildman–Crippen MR) is 39.5 cm³/mol.